The van der Waals surface area contributed by atoms with Gasteiger partial charge < -0.3 is 15.0 Å². The number of carbonyl (C=O) groups excluding carboxylic acids is 1. The van der Waals surface area contributed by atoms with Gasteiger partial charge in [-0.3, -0.25) is 10.1 Å². The number of hydrogen-bond donors (Lipinski definition) is 1. The highest BCUT2D eigenvalue weighted by atomic mass is 16.6. The highest BCUT2D eigenvalue weighted by Gasteiger charge is 2.26. The zero-order chi connectivity index (χ0) is 23.4. The Morgan fingerprint density at radius 3 is 2.79 bits per heavy atom. The molecular weight excluding hydrogens is 418 g/mol. The summed E-state index contributed by atoms with van der Waals surface area (Å²) in [5.41, 5.74) is 2.41. The average Bonchev–Trinajstić information content (AvgIpc) is 3.30. The van der Waals surface area contributed by atoms with E-state index in [9.17, 15) is 14.9 Å². The summed E-state index contributed by atoms with van der Waals surface area (Å²) >= 11 is 0. The molecule has 0 saturated carbocycles. The summed E-state index contributed by atoms with van der Waals surface area (Å²) in [6.07, 6.45) is 3.55. The van der Waals surface area contributed by atoms with Crippen LogP contribution in [0.3, 0.4) is 0 Å². The highest BCUT2D eigenvalue weighted by molar-refractivity contribution is 5.88. The second-order valence-electron chi connectivity index (χ2n) is 8.25. The Bertz CT molecular complexity index is 1200. The summed E-state index contributed by atoms with van der Waals surface area (Å²) in [6, 6.07) is 20.3. The molecule has 1 aliphatic heterocycles. The number of carbonyl (C=O) groups is 1. The zero-order valence-corrected chi connectivity index (χ0v) is 18.7. The molecule has 0 aromatic heterocycles. The van der Waals surface area contributed by atoms with E-state index in [-0.39, 0.29) is 17.8 Å². The number of methoxy groups -OCH3 is 1. The molecule has 33 heavy (non-hydrogen) atoms. The van der Waals surface area contributed by atoms with E-state index in [0.717, 1.165) is 25.2 Å². The number of rotatable bonds is 7. The van der Waals surface area contributed by atoms with Crippen LogP contribution >= 0.6 is 0 Å². The molecule has 0 radical (unpaired) electrons. The van der Waals surface area contributed by atoms with Gasteiger partial charge in [0.1, 0.15) is 0 Å². The maximum absolute atomic E-state index is 11.6. The Kier molecular flexibility index (Phi) is 6.70. The minimum Gasteiger partial charge on any atom is -0.466 e. The fourth-order valence-electron chi connectivity index (χ4n) is 4.46. The van der Waals surface area contributed by atoms with Crippen molar-refractivity contribution >= 4 is 34.2 Å². The number of ether oxygens (including phenoxy) is 1. The first-order valence-corrected chi connectivity index (χ1v) is 11.0. The monoisotopic (exact) mass is 445 g/mol. The molecule has 1 saturated heterocycles. The Morgan fingerprint density at radius 2 is 2.00 bits per heavy atom. The summed E-state index contributed by atoms with van der Waals surface area (Å²) in [4.78, 5) is 24.7. The number of fused-ring (bicyclic) bond motifs is 1. The van der Waals surface area contributed by atoms with E-state index in [1.165, 1.54) is 35.6 Å². The predicted octanol–water partition coefficient (Wildman–Crippen LogP) is 4.86. The fraction of sp³-hybridized carbons (Fsp3) is 0.269. The Hall–Kier alpha value is -3.71. The summed E-state index contributed by atoms with van der Waals surface area (Å²) in [7, 11) is 1.27. The summed E-state index contributed by atoms with van der Waals surface area (Å²) in [6.45, 7) is 3.76. The molecule has 7 heteroatoms. The molecule has 0 unspecified atom stereocenters. The van der Waals surface area contributed by atoms with E-state index in [2.05, 4.69) is 64.3 Å². The molecule has 0 spiro atoms. The van der Waals surface area contributed by atoms with Crippen molar-refractivity contribution in [1.29, 1.82) is 0 Å². The van der Waals surface area contributed by atoms with Crippen molar-refractivity contribution in [3.05, 3.63) is 88.0 Å². The van der Waals surface area contributed by atoms with Gasteiger partial charge in [0.2, 0.25) is 0 Å². The van der Waals surface area contributed by atoms with Crippen LogP contribution in [0.15, 0.2) is 66.7 Å². The van der Waals surface area contributed by atoms with Gasteiger partial charge in [0.05, 0.1) is 17.6 Å². The van der Waals surface area contributed by atoms with Crippen molar-refractivity contribution in [2.24, 2.45) is 0 Å². The molecule has 0 aliphatic carbocycles. The lowest BCUT2D eigenvalue weighted by molar-refractivity contribution is -0.385. The quantitative estimate of drug-likeness (QED) is 0.242. The van der Waals surface area contributed by atoms with E-state index >= 15 is 0 Å². The fourth-order valence-corrected chi connectivity index (χ4v) is 4.46. The van der Waals surface area contributed by atoms with Gasteiger partial charge in [-0.15, -0.1) is 0 Å². The molecule has 4 rings (SSSR count). The summed E-state index contributed by atoms with van der Waals surface area (Å²) in [5, 5.41) is 17.8. The summed E-state index contributed by atoms with van der Waals surface area (Å²) in [5.74, 6) is -0.554. The SMILES string of the molecule is COC(=O)/C=C/c1ccc(N2CC[C@H](N[C@H](C)c3cccc4ccccc34)C2)cc1[N+](=O)[O-]. The third-order valence-electron chi connectivity index (χ3n) is 6.14. The third kappa shape index (κ3) is 5.04. The largest absolute Gasteiger partial charge is 0.466 e. The number of nitrogens with zero attached hydrogens (tertiary/aromatic N) is 2. The molecule has 0 bridgehead atoms. The van der Waals surface area contributed by atoms with Crippen LogP contribution in [-0.4, -0.2) is 37.1 Å². The van der Waals surface area contributed by atoms with Gasteiger partial charge in [0.25, 0.3) is 5.69 Å². The van der Waals surface area contributed by atoms with Crippen LogP contribution < -0.4 is 10.2 Å². The van der Waals surface area contributed by atoms with Crippen LogP contribution in [0.4, 0.5) is 11.4 Å². The first-order valence-electron chi connectivity index (χ1n) is 11.0. The van der Waals surface area contributed by atoms with Crippen LogP contribution in [0, 0.1) is 10.1 Å². The van der Waals surface area contributed by atoms with E-state index in [0.29, 0.717) is 5.56 Å². The second kappa shape index (κ2) is 9.83. The number of benzene rings is 3. The molecule has 1 aliphatic rings. The van der Waals surface area contributed by atoms with Crippen molar-refractivity contribution in [2.75, 3.05) is 25.1 Å². The lowest BCUT2D eigenvalue weighted by Crippen LogP contribution is -2.34. The van der Waals surface area contributed by atoms with Gasteiger partial charge in [-0.05, 0) is 47.9 Å². The van der Waals surface area contributed by atoms with Crippen LogP contribution in [0.1, 0.15) is 30.5 Å². The molecule has 3 aromatic rings. The molecule has 1 fully saturated rings. The van der Waals surface area contributed by atoms with Crippen molar-refractivity contribution in [1.82, 2.24) is 5.32 Å². The zero-order valence-electron chi connectivity index (χ0n) is 18.7. The maximum Gasteiger partial charge on any atom is 0.330 e. The van der Waals surface area contributed by atoms with Crippen molar-refractivity contribution in [2.45, 2.75) is 25.4 Å². The number of hydrogen-bond acceptors (Lipinski definition) is 6. The van der Waals surface area contributed by atoms with E-state index in [1.807, 2.05) is 6.07 Å². The lowest BCUT2D eigenvalue weighted by atomic mass is 9.99. The molecule has 7 nitrogen and oxygen atoms in total. The number of esters is 1. The normalized spacial score (nSPS) is 16.9. The topological polar surface area (TPSA) is 84.7 Å². The van der Waals surface area contributed by atoms with Crippen molar-refractivity contribution in [3.8, 4) is 0 Å². The Labute approximate surface area is 192 Å². The van der Waals surface area contributed by atoms with Gasteiger partial charge in [-0.25, -0.2) is 4.79 Å². The van der Waals surface area contributed by atoms with E-state index in [1.54, 1.807) is 12.1 Å². The van der Waals surface area contributed by atoms with Crippen LogP contribution in [0.25, 0.3) is 16.8 Å². The van der Waals surface area contributed by atoms with Gasteiger partial charge in [0, 0.05) is 43.0 Å². The maximum atomic E-state index is 11.6. The lowest BCUT2D eigenvalue weighted by Gasteiger charge is -2.23. The molecular formula is C26H27N3O4. The van der Waals surface area contributed by atoms with Gasteiger partial charge in [-0.1, -0.05) is 42.5 Å². The standard InChI is InChI=1S/C26H27N3O4/c1-18(23-9-5-7-19-6-3-4-8-24(19)23)27-21-14-15-28(17-21)22-12-10-20(11-13-26(30)33-2)25(16-22)29(31)32/h3-13,16,18,21,27H,14-15,17H2,1-2H3/b13-11+/t18-,21+/m1/s1. The van der Waals surface area contributed by atoms with Gasteiger partial charge in [-0.2, -0.15) is 0 Å². The van der Waals surface area contributed by atoms with E-state index < -0.39 is 10.9 Å². The Balaban J connectivity index is 1.47. The molecule has 3 aromatic carbocycles. The first kappa shape index (κ1) is 22.5. The number of nitro benzene ring substituents is 1. The minimum absolute atomic E-state index is 0.0341. The number of anilines is 1. The second-order valence-corrected chi connectivity index (χ2v) is 8.25. The van der Waals surface area contributed by atoms with Crippen LogP contribution in [-0.2, 0) is 9.53 Å². The average molecular weight is 446 g/mol. The molecule has 0 amide bonds. The van der Waals surface area contributed by atoms with Crippen molar-refractivity contribution in [3.63, 3.8) is 0 Å². The van der Waals surface area contributed by atoms with Crippen molar-refractivity contribution < 1.29 is 14.5 Å². The van der Waals surface area contributed by atoms with Gasteiger partial charge in [0.15, 0.2) is 0 Å². The predicted molar refractivity (Wildman–Crippen MR) is 130 cm³/mol. The third-order valence-corrected chi connectivity index (χ3v) is 6.14. The van der Waals surface area contributed by atoms with Crippen LogP contribution in [0.5, 0.6) is 0 Å². The molecule has 2 atom stereocenters. The summed E-state index contributed by atoms with van der Waals surface area (Å²) < 4.78 is 4.57. The molecule has 1 heterocycles. The minimum atomic E-state index is -0.554. The smallest absolute Gasteiger partial charge is 0.330 e. The number of nitro groups is 1. The Morgan fingerprint density at radius 1 is 1.21 bits per heavy atom. The van der Waals surface area contributed by atoms with Crippen LogP contribution in [0.2, 0.25) is 0 Å². The first-order chi connectivity index (χ1) is 16.0. The highest BCUT2D eigenvalue weighted by Crippen LogP contribution is 2.30. The molecule has 170 valence electrons. The van der Waals surface area contributed by atoms with E-state index in [4.69, 9.17) is 0 Å². The number of nitrogens with one attached hydrogen (secondary N) is 1. The van der Waals surface area contributed by atoms with Gasteiger partial charge >= 0.3 is 5.97 Å². The molecule has 1 N–H and O–H groups in total.